The predicted octanol–water partition coefficient (Wildman–Crippen LogP) is 3.64. The number of carbonyl (C=O) groups is 1. The maximum absolute atomic E-state index is 9.00. The molecule has 4 bridgehead atoms. The molecule has 4 fully saturated rings. The summed E-state index contributed by atoms with van der Waals surface area (Å²) >= 11 is 0. The van der Waals surface area contributed by atoms with Crippen LogP contribution in [0.4, 0.5) is 0 Å². The summed E-state index contributed by atoms with van der Waals surface area (Å²) in [6.45, 7) is 3.56. The van der Waals surface area contributed by atoms with Gasteiger partial charge < -0.3 is 10.8 Å². The zero-order chi connectivity index (χ0) is 17.3. The molecule has 0 spiro atoms. The van der Waals surface area contributed by atoms with Gasteiger partial charge in [0, 0.05) is 31.1 Å². The summed E-state index contributed by atoms with van der Waals surface area (Å²) in [6.07, 6.45) is 14.4. The molecular formula is C20H36N2O2. The Bertz CT molecular complexity index is 405. The van der Waals surface area contributed by atoms with Gasteiger partial charge in [-0.1, -0.05) is 13.3 Å². The van der Waals surface area contributed by atoms with Crippen molar-refractivity contribution >= 4 is 5.97 Å². The Kier molecular flexibility index (Phi) is 5.86. The Morgan fingerprint density at radius 3 is 1.92 bits per heavy atom. The first kappa shape index (κ1) is 18.2. The van der Waals surface area contributed by atoms with Crippen LogP contribution in [-0.2, 0) is 4.79 Å². The monoisotopic (exact) mass is 336 g/mol. The molecule has 4 aliphatic rings. The fourth-order valence-corrected chi connectivity index (χ4v) is 6.45. The fourth-order valence-electron chi connectivity index (χ4n) is 6.45. The minimum Gasteiger partial charge on any atom is -0.481 e. The van der Waals surface area contributed by atoms with Crippen molar-refractivity contribution in [1.29, 1.82) is 0 Å². The van der Waals surface area contributed by atoms with Gasteiger partial charge in [-0.3, -0.25) is 9.69 Å². The molecular weight excluding hydrogens is 300 g/mol. The van der Waals surface area contributed by atoms with Gasteiger partial charge >= 0.3 is 0 Å². The van der Waals surface area contributed by atoms with Crippen LogP contribution < -0.4 is 5.73 Å². The number of fused-ring (bicyclic) bond motifs is 4. The van der Waals surface area contributed by atoms with Crippen LogP contribution in [0.2, 0.25) is 0 Å². The minimum atomic E-state index is -0.833. The topological polar surface area (TPSA) is 66.6 Å². The average Bonchev–Trinajstić information content (AvgIpc) is 2.44. The first-order valence-electron chi connectivity index (χ1n) is 10.1. The molecule has 4 heteroatoms. The number of nitrogens with two attached hydrogens (primary N) is 1. The van der Waals surface area contributed by atoms with Crippen LogP contribution in [0.15, 0.2) is 0 Å². The lowest BCUT2D eigenvalue weighted by molar-refractivity contribution is -0.134. The quantitative estimate of drug-likeness (QED) is 0.767. The van der Waals surface area contributed by atoms with Gasteiger partial charge in [0.2, 0.25) is 0 Å². The van der Waals surface area contributed by atoms with Crippen molar-refractivity contribution in [3.63, 3.8) is 0 Å². The third kappa shape index (κ3) is 4.32. The van der Waals surface area contributed by atoms with E-state index in [9.17, 15) is 0 Å². The molecule has 7 atom stereocenters. The summed E-state index contributed by atoms with van der Waals surface area (Å²) in [5.41, 5.74) is 6.30. The van der Waals surface area contributed by atoms with E-state index in [0.717, 1.165) is 42.8 Å². The highest BCUT2D eigenvalue weighted by Crippen LogP contribution is 2.47. The highest BCUT2D eigenvalue weighted by Gasteiger charge is 2.44. The molecule has 138 valence electrons. The van der Waals surface area contributed by atoms with E-state index >= 15 is 0 Å². The Morgan fingerprint density at radius 1 is 0.917 bits per heavy atom. The molecule has 2 aliphatic heterocycles. The van der Waals surface area contributed by atoms with Gasteiger partial charge in [0.1, 0.15) is 0 Å². The second-order valence-electron chi connectivity index (χ2n) is 9.11. The lowest BCUT2D eigenvalue weighted by atomic mass is 9.65. The van der Waals surface area contributed by atoms with Crippen molar-refractivity contribution < 1.29 is 9.90 Å². The Morgan fingerprint density at radius 2 is 1.42 bits per heavy atom. The molecule has 1 unspecified atom stereocenters. The summed E-state index contributed by atoms with van der Waals surface area (Å²) in [7, 11) is 0. The van der Waals surface area contributed by atoms with Crippen molar-refractivity contribution in [2.45, 2.75) is 102 Å². The molecule has 24 heavy (non-hydrogen) atoms. The van der Waals surface area contributed by atoms with Crippen LogP contribution in [0.3, 0.4) is 0 Å². The summed E-state index contributed by atoms with van der Waals surface area (Å²) in [4.78, 5) is 12.0. The van der Waals surface area contributed by atoms with Crippen LogP contribution in [0.25, 0.3) is 0 Å². The number of hydrogen-bond donors (Lipinski definition) is 2. The van der Waals surface area contributed by atoms with E-state index in [-0.39, 0.29) is 0 Å². The molecule has 4 rings (SSSR count). The highest BCUT2D eigenvalue weighted by molar-refractivity contribution is 5.62. The van der Waals surface area contributed by atoms with E-state index in [1.807, 2.05) is 0 Å². The van der Waals surface area contributed by atoms with Gasteiger partial charge in [-0.25, -0.2) is 0 Å². The zero-order valence-corrected chi connectivity index (χ0v) is 15.5. The number of carboxylic acids is 1. The van der Waals surface area contributed by atoms with Crippen LogP contribution in [0, 0.1) is 17.8 Å². The first-order chi connectivity index (χ1) is 11.4. The molecule has 0 radical (unpaired) electrons. The summed E-state index contributed by atoms with van der Waals surface area (Å²) in [5.74, 6) is 2.24. The number of hydrogen-bond acceptors (Lipinski definition) is 3. The lowest BCUT2D eigenvalue weighted by Crippen LogP contribution is -2.60. The third-order valence-electron chi connectivity index (χ3n) is 6.84. The van der Waals surface area contributed by atoms with Crippen molar-refractivity contribution in [1.82, 2.24) is 4.90 Å². The van der Waals surface area contributed by atoms with E-state index in [0.29, 0.717) is 6.04 Å². The van der Waals surface area contributed by atoms with E-state index < -0.39 is 5.97 Å². The Labute approximate surface area is 147 Å². The maximum atomic E-state index is 9.00. The number of aliphatic carboxylic acids is 1. The predicted molar refractivity (Wildman–Crippen MR) is 96.8 cm³/mol. The largest absolute Gasteiger partial charge is 0.481 e. The normalized spacial score (nSPS) is 45.0. The average molecular weight is 337 g/mol. The molecule has 0 amide bonds. The van der Waals surface area contributed by atoms with Gasteiger partial charge in [-0.15, -0.1) is 0 Å². The van der Waals surface area contributed by atoms with Crippen molar-refractivity contribution in [2.24, 2.45) is 23.5 Å². The molecule has 2 aliphatic carbocycles. The van der Waals surface area contributed by atoms with Gasteiger partial charge in [0.05, 0.1) is 0 Å². The van der Waals surface area contributed by atoms with Crippen molar-refractivity contribution in [2.75, 3.05) is 0 Å². The van der Waals surface area contributed by atoms with Crippen LogP contribution >= 0.6 is 0 Å². The number of carboxylic acid groups (broad SMARTS) is 1. The second kappa shape index (κ2) is 7.74. The number of piperidine rings is 2. The molecule has 0 aromatic rings. The highest BCUT2D eigenvalue weighted by atomic mass is 16.4. The molecule has 2 saturated carbocycles. The maximum Gasteiger partial charge on any atom is 0.300 e. The van der Waals surface area contributed by atoms with Crippen LogP contribution in [-0.4, -0.2) is 40.1 Å². The molecule has 0 aromatic carbocycles. The van der Waals surface area contributed by atoms with E-state index in [1.165, 1.54) is 57.8 Å². The van der Waals surface area contributed by atoms with Gasteiger partial charge in [0.15, 0.2) is 0 Å². The lowest BCUT2D eigenvalue weighted by Gasteiger charge is -2.55. The Hall–Kier alpha value is -0.610. The molecule has 2 saturated heterocycles. The second-order valence-corrected chi connectivity index (χ2v) is 9.11. The number of nitrogens with zero attached hydrogens (tertiary/aromatic N) is 1. The minimum absolute atomic E-state index is 0.490. The van der Waals surface area contributed by atoms with Gasteiger partial charge in [-0.05, 0) is 75.5 Å². The standard InChI is InChI=1S/C18H32N2.C2H4O2/c1-12-5-13-7-14(6-12)9-18(8-13)20-16-3-2-4-17(20)11-15(19)10-16;1-2(3)4/h12-18H,2-11,19H2,1H3;1H3,(H,3,4)/t12-,13-,14+,15-,16-,17?,18-;/m1./s1. The third-order valence-corrected chi connectivity index (χ3v) is 6.84. The summed E-state index contributed by atoms with van der Waals surface area (Å²) in [5, 5.41) is 7.42. The summed E-state index contributed by atoms with van der Waals surface area (Å²) < 4.78 is 0. The van der Waals surface area contributed by atoms with E-state index in [2.05, 4.69) is 11.8 Å². The van der Waals surface area contributed by atoms with Gasteiger partial charge in [0.25, 0.3) is 5.97 Å². The summed E-state index contributed by atoms with van der Waals surface area (Å²) in [6, 6.07) is 3.07. The molecule has 4 nitrogen and oxygen atoms in total. The van der Waals surface area contributed by atoms with Crippen molar-refractivity contribution in [3.8, 4) is 0 Å². The van der Waals surface area contributed by atoms with Crippen molar-refractivity contribution in [3.05, 3.63) is 0 Å². The first-order valence-corrected chi connectivity index (χ1v) is 10.1. The smallest absolute Gasteiger partial charge is 0.300 e. The van der Waals surface area contributed by atoms with Gasteiger partial charge in [-0.2, -0.15) is 0 Å². The number of rotatable bonds is 1. The van der Waals surface area contributed by atoms with Crippen LogP contribution in [0.5, 0.6) is 0 Å². The molecule has 0 aromatic heterocycles. The molecule has 2 heterocycles. The zero-order valence-electron chi connectivity index (χ0n) is 15.5. The molecule has 3 N–H and O–H groups in total. The Balaban J connectivity index is 0.000000383. The van der Waals surface area contributed by atoms with E-state index in [4.69, 9.17) is 15.6 Å². The fraction of sp³-hybridized carbons (Fsp3) is 0.950. The van der Waals surface area contributed by atoms with Crippen LogP contribution in [0.1, 0.15) is 78.1 Å². The SMILES string of the molecule is CC(=O)O.C[C@@H]1C[C@@H]2C[C@H](C1)C[C@H](N1C3CCC[C@@H]1C[C@@H](N)C3)C2. The van der Waals surface area contributed by atoms with E-state index in [1.54, 1.807) is 6.42 Å².